The van der Waals surface area contributed by atoms with E-state index in [0.717, 1.165) is 37.0 Å². The van der Waals surface area contributed by atoms with E-state index in [2.05, 4.69) is 17.4 Å². The largest absolute Gasteiger partial charge is 0.497 e. The summed E-state index contributed by atoms with van der Waals surface area (Å²) in [5, 5.41) is 3.89. The monoisotopic (exact) mass is 341 g/mol. The van der Waals surface area contributed by atoms with Crippen molar-refractivity contribution < 1.29 is 13.9 Å². The van der Waals surface area contributed by atoms with Crippen molar-refractivity contribution >= 4 is 0 Å². The lowest BCUT2D eigenvalue weighted by atomic mass is 9.71. The minimum Gasteiger partial charge on any atom is -0.497 e. The topological polar surface area (TPSA) is 30.5 Å². The second-order valence-corrected chi connectivity index (χ2v) is 7.09. The highest BCUT2D eigenvalue weighted by Gasteiger charge is 2.41. The first kappa shape index (κ1) is 16.4. The Bertz CT molecular complexity index is 768. The number of fused-ring (bicyclic) bond motifs is 1. The predicted octanol–water partition coefficient (Wildman–Crippen LogP) is 4.50. The summed E-state index contributed by atoms with van der Waals surface area (Å²) in [5.74, 6) is 0.944. The number of rotatable bonds is 5. The van der Waals surface area contributed by atoms with Crippen LogP contribution in [0, 0.1) is 5.82 Å². The average Bonchev–Trinajstić information content (AvgIpc) is 2.99. The van der Waals surface area contributed by atoms with E-state index in [1.165, 1.54) is 24.7 Å². The predicted molar refractivity (Wildman–Crippen MR) is 95.7 cm³/mol. The van der Waals surface area contributed by atoms with E-state index in [0.29, 0.717) is 5.75 Å². The van der Waals surface area contributed by atoms with Crippen LogP contribution in [0.5, 0.6) is 11.5 Å². The summed E-state index contributed by atoms with van der Waals surface area (Å²) in [6.07, 6.45) is 5.39. The molecular weight excluding hydrogens is 317 g/mol. The van der Waals surface area contributed by atoms with Crippen LogP contribution in [0.25, 0.3) is 0 Å². The third-order valence-corrected chi connectivity index (χ3v) is 5.79. The standard InChI is InChI=1S/C21H24FNO2/c1-24-16-7-5-15(6-8-16)21(10-3-11-21)23-19-9-4-14-12-18(22)20(25-2)13-17(14)19/h5-8,12-13,19,23H,3-4,9-11H2,1-2H3. The van der Waals surface area contributed by atoms with Gasteiger partial charge in [0, 0.05) is 11.6 Å². The van der Waals surface area contributed by atoms with Crippen molar-refractivity contribution in [1.82, 2.24) is 5.32 Å². The molecular formula is C21H24FNO2. The average molecular weight is 341 g/mol. The molecule has 132 valence electrons. The number of nitrogens with one attached hydrogen (secondary N) is 1. The molecule has 2 aliphatic carbocycles. The fraction of sp³-hybridized carbons (Fsp3) is 0.429. The van der Waals surface area contributed by atoms with E-state index in [1.807, 2.05) is 18.2 Å². The van der Waals surface area contributed by atoms with Gasteiger partial charge in [-0.25, -0.2) is 4.39 Å². The second-order valence-electron chi connectivity index (χ2n) is 7.09. The number of hydrogen-bond donors (Lipinski definition) is 1. The molecule has 0 bridgehead atoms. The number of methoxy groups -OCH3 is 2. The molecule has 0 amide bonds. The number of aryl methyl sites for hydroxylation is 1. The zero-order chi connectivity index (χ0) is 17.4. The van der Waals surface area contributed by atoms with E-state index in [-0.39, 0.29) is 17.4 Å². The van der Waals surface area contributed by atoms with Crippen LogP contribution in [0.4, 0.5) is 4.39 Å². The molecule has 0 heterocycles. The van der Waals surface area contributed by atoms with E-state index >= 15 is 0 Å². The highest BCUT2D eigenvalue weighted by Crippen LogP contribution is 2.46. The molecule has 0 saturated heterocycles. The first-order valence-electron chi connectivity index (χ1n) is 8.94. The molecule has 2 aromatic carbocycles. The van der Waals surface area contributed by atoms with Crippen molar-refractivity contribution in [2.45, 2.75) is 43.7 Å². The Kier molecular flexibility index (Phi) is 4.16. The SMILES string of the molecule is COc1ccc(C2(NC3CCc4cc(F)c(OC)cc43)CCC2)cc1. The molecule has 3 nitrogen and oxygen atoms in total. The van der Waals surface area contributed by atoms with Crippen LogP contribution in [0.15, 0.2) is 36.4 Å². The molecule has 0 aromatic heterocycles. The van der Waals surface area contributed by atoms with Crippen molar-refractivity contribution in [3.8, 4) is 11.5 Å². The normalized spacial score (nSPS) is 20.7. The number of benzene rings is 2. The molecule has 0 spiro atoms. The zero-order valence-electron chi connectivity index (χ0n) is 14.8. The Balaban J connectivity index is 1.61. The van der Waals surface area contributed by atoms with Crippen molar-refractivity contribution in [3.05, 3.63) is 58.9 Å². The summed E-state index contributed by atoms with van der Waals surface area (Å²) in [5.41, 5.74) is 3.60. The molecule has 1 saturated carbocycles. The Morgan fingerprint density at radius 1 is 1.08 bits per heavy atom. The van der Waals surface area contributed by atoms with Gasteiger partial charge in [0.05, 0.1) is 14.2 Å². The van der Waals surface area contributed by atoms with Crippen LogP contribution in [0.2, 0.25) is 0 Å². The van der Waals surface area contributed by atoms with Gasteiger partial charge < -0.3 is 14.8 Å². The van der Waals surface area contributed by atoms with Crippen LogP contribution < -0.4 is 14.8 Å². The zero-order valence-corrected chi connectivity index (χ0v) is 14.8. The van der Waals surface area contributed by atoms with E-state index in [9.17, 15) is 4.39 Å². The third-order valence-electron chi connectivity index (χ3n) is 5.79. The highest BCUT2D eigenvalue weighted by molar-refractivity contribution is 5.43. The van der Waals surface area contributed by atoms with Gasteiger partial charge in [0.25, 0.3) is 0 Å². The smallest absolute Gasteiger partial charge is 0.165 e. The molecule has 2 aromatic rings. The lowest BCUT2D eigenvalue weighted by molar-refractivity contribution is 0.162. The fourth-order valence-corrected chi connectivity index (χ4v) is 4.20. The van der Waals surface area contributed by atoms with Crippen LogP contribution in [-0.4, -0.2) is 14.2 Å². The maximum absolute atomic E-state index is 14.0. The summed E-state index contributed by atoms with van der Waals surface area (Å²) in [7, 11) is 3.21. The van der Waals surface area contributed by atoms with Crippen LogP contribution in [0.1, 0.15) is 48.4 Å². The third kappa shape index (κ3) is 2.78. The van der Waals surface area contributed by atoms with E-state index in [4.69, 9.17) is 9.47 Å². The second kappa shape index (κ2) is 6.34. The van der Waals surface area contributed by atoms with Crippen molar-refractivity contribution in [3.63, 3.8) is 0 Å². The van der Waals surface area contributed by atoms with Gasteiger partial charge in [-0.05, 0) is 73.1 Å². The number of ether oxygens (including phenoxy) is 2. The summed E-state index contributed by atoms with van der Waals surface area (Å²) < 4.78 is 24.4. The van der Waals surface area contributed by atoms with E-state index in [1.54, 1.807) is 13.2 Å². The van der Waals surface area contributed by atoms with Gasteiger partial charge >= 0.3 is 0 Å². The van der Waals surface area contributed by atoms with Gasteiger partial charge in [0.2, 0.25) is 0 Å². The van der Waals surface area contributed by atoms with Crippen molar-refractivity contribution in [2.24, 2.45) is 0 Å². The maximum atomic E-state index is 14.0. The molecule has 4 rings (SSSR count). The van der Waals surface area contributed by atoms with Crippen LogP contribution >= 0.6 is 0 Å². The molecule has 0 radical (unpaired) electrons. The molecule has 0 aliphatic heterocycles. The van der Waals surface area contributed by atoms with Gasteiger partial charge in [0.15, 0.2) is 11.6 Å². The summed E-state index contributed by atoms with van der Waals surface area (Å²) in [6.45, 7) is 0. The lowest BCUT2D eigenvalue weighted by Crippen LogP contribution is -2.49. The van der Waals surface area contributed by atoms with E-state index < -0.39 is 0 Å². The molecule has 1 N–H and O–H groups in total. The van der Waals surface area contributed by atoms with Crippen molar-refractivity contribution in [2.75, 3.05) is 14.2 Å². The molecule has 4 heteroatoms. The van der Waals surface area contributed by atoms with Gasteiger partial charge in [-0.1, -0.05) is 12.1 Å². The first-order chi connectivity index (χ1) is 12.1. The Labute approximate surface area is 148 Å². The number of halogens is 1. The Morgan fingerprint density at radius 3 is 2.44 bits per heavy atom. The summed E-state index contributed by atoms with van der Waals surface area (Å²) in [4.78, 5) is 0. The first-order valence-corrected chi connectivity index (χ1v) is 8.94. The van der Waals surface area contributed by atoms with Gasteiger partial charge in [-0.2, -0.15) is 0 Å². The van der Waals surface area contributed by atoms with Crippen LogP contribution in [0.3, 0.4) is 0 Å². The van der Waals surface area contributed by atoms with Crippen LogP contribution in [-0.2, 0) is 12.0 Å². The van der Waals surface area contributed by atoms with Gasteiger partial charge in [-0.3, -0.25) is 0 Å². The molecule has 1 fully saturated rings. The minimum atomic E-state index is -0.268. The van der Waals surface area contributed by atoms with Gasteiger partial charge in [-0.15, -0.1) is 0 Å². The maximum Gasteiger partial charge on any atom is 0.165 e. The Hall–Kier alpha value is -2.07. The molecule has 1 unspecified atom stereocenters. The quantitative estimate of drug-likeness (QED) is 0.869. The molecule has 2 aliphatic rings. The molecule has 1 atom stereocenters. The van der Waals surface area contributed by atoms with Crippen molar-refractivity contribution in [1.29, 1.82) is 0 Å². The Morgan fingerprint density at radius 2 is 1.84 bits per heavy atom. The highest BCUT2D eigenvalue weighted by atomic mass is 19.1. The minimum absolute atomic E-state index is 0.0141. The fourth-order valence-electron chi connectivity index (χ4n) is 4.20. The molecule has 25 heavy (non-hydrogen) atoms. The van der Waals surface area contributed by atoms with Gasteiger partial charge in [0.1, 0.15) is 5.75 Å². The number of hydrogen-bond acceptors (Lipinski definition) is 3. The summed E-state index contributed by atoms with van der Waals surface area (Å²) >= 11 is 0. The summed E-state index contributed by atoms with van der Waals surface area (Å²) in [6, 6.07) is 12.1. The lowest BCUT2D eigenvalue weighted by Gasteiger charge is -2.45.